The number of nitriles is 1. The molecule has 0 unspecified atom stereocenters. The topological polar surface area (TPSA) is 130 Å². The molecule has 0 amide bonds. The molecule has 3 N–H and O–H groups in total. The Balaban J connectivity index is 2.90. The van der Waals surface area contributed by atoms with E-state index in [0.717, 1.165) is 6.07 Å². The van der Waals surface area contributed by atoms with Gasteiger partial charge in [-0.25, -0.2) is 26.7 Å². The number of benzene rings is 1. The van der Waals surface area contributed by atoms with Crippen LogP contribution < -0.4 is 9.86 Å². The van der Waals surface area contributed by atoms with Crippen molar-refractivity contribution in [3.63, 3.8) is 0 Å². The van der Waals surface area contributed by atoms with Gasteiger partial charge in [0, 0.05) is 6.54 Å². The maximum atomic E-state index is 11.8. The molecule has 0 atom stereocenters. The van der Waals surface area contributed by atoms with E-state index in [2.05, 4.69) is 4.72 Å². The second-order valence-electron chi connectivity index (χ2n) is 3.52. The fourth-order valence-electron chi connectivity index (χ4n) is 1.16. The highest BCUT2D eigenvalue weighted by molar-refractivity contribution is 7.90. The first-order valence-corrected chi connectivity index (χ1v) is 8.43. The second kappa shape index (κ2) is 5.85. The molecule has 0 aliphatic rings. The number of nitrogens with one attached hydrogen (secondary N) is 1. The standard InChI is InChI=1S/C9H10ClN3O4S2/c10-9-5-8(2-1-7(9)6-11)19(16,17)13-3-4-18(12,14)15/h1-2,5,13H,3-4H2,(H2,12,14,15). The molecule has 1 aromatic carbocycles. The summed E-state index contributed by atoms with van der Waals surface area (Å²) in [4.78, 5) is -0.161. The molecule has 0 spiro atoms. The average molecular weight is 324 g/mol. The van der Waals surface area contributed by atoms with Crippen LogP contribution in [0, 0.1) is 11.3 Å². The van der Waals surface area contributed by atoms with Gasteiger partial charge in [0.1, 0.15) is 6.07 Å². The van der Waals surface area contributed by atoms with Crippen LogP contribution in [0.15, 0.2) is 23.1 Å². The number of rotatable bonds is 5. The van der Waals surface area contributed by atoms with Crippen molar-refractivity contribution in [3.8, 4) is 6.07 Å². The first-order valence-electron chi connectivity index (χ1n) is 4.85. The monoisotopic (exact) mass is 323 g/mol. The zero-order chi connectivity index (χ0) is 14.7. The van der Waals surface area contributed by atoms with Gasteiger partial charge in [0.05, 0.1) is 21.2 Å². The highest BCUT2D eigenvalue weighted by Crippen LogP contribution is 2.19. The van der Waals surface area contributed by atoms with Crippen molar-refractivity contribution in [2.24, 2.45) is 5.14 Å². The summed E-state index contributed by atoms with van der Waals surface area (Å²) in [5, 5.41) is 13.4. The van der Waals surface area contributed by atoms with E-state index >= 15 is 0 Å². The minimum Gasteiger partial charge on any atom is -0.229 e. The van der Waals surface area contributed by atoms with Crippen molar-refractivity contribution in [3.05, 3.63) is 28.8 Å². The molecule has 0 saturated carbocycles. The van der Waals surface area contributed by atoms with Crippen LogP contribution >= 0.6 is 11.6 Å². The van der Waals surface area contributed by atoms with E-state index in [-0.39, 0.29) is 22.0 Å². The van der Waals surface area contributed by atoms with Gasteiger partial charge in [-0.3, -0.25) is 0 Å². The van der Waals surface area contributed by atoms with E-state index in [1.54, 1.807) is 6.07 Å². The Bertz CT molecular complexity index is 722. The van der Waals surface area contributed by atoms with Crippen LogP contribution in [0.1, 0.15) is 5.56 Å². The summed E-state index contributed by atoms with van der Waals surface area (Å²) in [6, 6.07) is 5.36. The fourth-order valence-corrected chi connectivity index (χ4v) is 3.02. The van der Waals surface area contributed by atoms with Gasteiger partial charge in [0.25, 0.3) is 0 Å². The number of halogens is 1. The van der Waals surface area contributed by atoms with E-state index < -0.39 is 25.8 Å². The van der Waals surface area contributed by atoms with Crippen LogP contribution in [-0.4, -0.2) is 29.1 Å². The third-order valence-electron chi connectivity index (χ3n) is 2.05. The van der Waals surface area contributed by atoms with Crippen molar-refractivity contribution in [1.29, 1.82) is 5.26 Å². The van der Waals surface area contributed by atoms with Crippen molar-refractivity contribution in [2.75, 3.05) is 12.3 Å². The lowest BCUT2D eigenvalue weighted by atomic mass is 10.2. The van der Waals surface area contributed by atoms with Crippen molar-refractivity contribution in [2.45, 2.75) is 4.90 Å². The Morgan fingerprint density at radius 3 is 2.42 bits per heavy atom. The maximum Gasteiger partial charge on any atom is 0.240 e. The summed E-state index contributed by atoms with van der Waals surface area (Å²) in [6.07, 6.45) is 0. The van der Waals surface area contributed by atoms with Crippen LogP contribution in [0.5, 0.6) is 0 Å². The van der Waals surface area contributed by atoms with E-state index in [4.69, 9.17) is 22.0 Å². The molecule has 0 aliphatic heterocycles. The number of hydrogen-bond donors (Lipinski definition) is 2. The Morgan fingerprint density at radius 2 is 1.95 bits per heavy atom. The third kappa shape index (κ3) is 4.77. The van der Waals surface area contributed by atoms with Crippen LogP contribution in [0.2, 0.25) is 5.02 Å². The molecule has 10 heteroatoms. The minimum absolute atomic E-state index is 0.00294. The van der Waals surface area contributed by atoms with E-state index in [1.165, 1.54) is 12.1 Å². The molecule has 0 heterocycles. The van der Waals surface area contributed by atoms with Crippen LogP contribution in [0.3, 0.4) is 0 Å². The molecule has 19 heavy (non-hydrogen) atoms. The summed E-state index contributed by atoms with van der Waals surface area (Å²) >= 11 is 5.71. The molecule has 7 nitrogen and oxygen atoms in total. The Labute approximate surface area is 116 Å². The summed E-state index contributed by atoms with van der Waals surface area (Å²) in [7, 11) is -7.64. The first kappa shape index (κ1) is 15.9. The molecule has 104 valence electrons. The Kier molecular flexibility index (Phi) is 4.89. The Morgan fingerprint density at radius 1 is 1.32 bits per heavy atom. The molecular formula is C9H10ClN3O4S2. The smallest absolute Gasteiger partial charge is 0.229 e. The largest absolute Gasteiger partial charge is 0.240 e. The van der Waals surface area contributed by atoms with Gasteiger partial charge >= 0.3 is 0 Å². The zero-order valence-electron chi connectivity index (χ0n) is 9.50. The van der Waals surface area contributed by atoms with E-state index in [0.29, 0.717) is 0 Å². The van der Waals surface area contributed by atoms with Gasteiger partial charge in [0.15, 0.2) is 0 Å². The molecule has 0 saturated heterocycles. The maximum absolute atomic E-state index is 11.8. The highest BCUT2D eigenvalue weighted by atomic mass is 35.5. The van der Waals surface area contributed by atoms with Gasteiger partial charge in [-0.15, -0.1) is 0 Å². The average Bonchev–Trinajstić information content (AvgIpc) is 2.26. The van der Waals surface area contributed by atoms with Crippen molar-refractivity contribution < 1.29 is 16.8 Å². The van der Waals surface area contributed by atoms with Crippen molar-refractivity contribution in [1.82, 2.24) is 4.72 Å². The number of nitrogens with two attached hydrogens (primary N) is 1. The normalized spacial score (nSPS) is 12.1. The summed E-state index contributed by atoms with van der Waals surface area (Å²) in [5.74, 6) is -0.518. The SMILES string of the molecule is N#Cc1ccc(S(=O)(=O)NCCS(N)(=O)=O)cc1Cl. The molecule has 0 bridgehead atoms. The fraction of sp³-hybridized carbons (Fsp3) is 0.222. The summed E-state index contributed by atoms with van der Waals surface area (Å²) in [6.45, 7) is -0.348. The molecule has 1 aromatic rings. The van der Waals surface area contributed by atoms with Gasteiger partial charge in [-0.2, -0.15) is 5.26 Å². The predicted octanol–water partition coefficient (Wildman–Crippen LogP) is -0.222. The molecular weight excluding hydrogens is 314 g/mol. The lowest BCUT2D eigenvalue weighted by molar-refractivity contribution is 0.581. The molecule has 0 radical (unpaired) electrons. The van der Waals surface area contributed by atoms with Gasteiger partial charge in [-0.05, 0) is 18.2 Å². The Hall–Kier alpha value is -1.18. The lowest BCUT2D eigenvalue weighted by Crippen LogP contribution is -2.31. The lowest BCUT2D eigenvalue weighted by Gasteiger charge is -2.06. The molecule has 1 rings (SSSR count). The first-order chi connectivity index (χ1) is 8.65. The molecule has 0 fully saturated rings. The summed E-state index contributed by atoms with van der Waals surface area (Å²) in [5.41, 5.74) is 0.144. The number of hydrogen-bond acceptors (Lipinski definition) is 5. The highest BCUT2D eigenvalue weighted by Gasteiger charge is 2.16. The molecule has 0 aromatic heterocycles. The number of nitrogens with zero attached hydrogens (tertiary/aromatic N) is 1. The van der Waals surface area contributed by atoms with Gasteiger partial charge < -0.3 is 0 Å². The van der Waals surface area contributed by atoms with Crippen molar-refractivity contribution >= 4 is 31.6 Å². The summed E-state index contributed by atoms with van der Waals surface area (Å²) < 4.78 is 47.0. The molecule has 0 aliphatic carbocycles. The predicted molar refractivity (Wildman–Crippen MR) is 69.3 cm³/mol. The van der Waals surface area contributed by atoms with Crippen LogP contribution in [0.25, 0.3) is 0 Å². The van der Waals surface area contributed by atoms with E-state index in [9.17, 15) is 16.8 Å². The van der Waals surface area contributed by atoms with Crippen LogP contribution in [0.4, 0.5) is 0 Å². The van der Waals surface area contributed by atoms with Gasteiger partial charge in [-0.1, -0.05) is 11.6 Å². The quantitative estimate of drug-likeness (QED) is 0.773. The van der Waals surface area contributed by atoms with E-state index in [1.807, 2.05) is 0 Å². The number of sulfonamides is 2. The van der Waals surface area contributed by atoms with Gasteiger partial charge in [0.2, 0.25) is 20.0 Å². The van der Waals surface area contributed by atoms with Crippen LogP contribution in [-0.2, 0) is 20.0 Å². The zero-order valence-corrected chi connectivity index (χ0v) is 11.9. The third-order valence-corrected chi connectivity index (χ3v) is 4.59. The number of primary sulfonamides is 1. The minimum atomic E-state index is -3.89. The second-order valence-corrected chi connectivity index (χ2v) is 7.43.